The number of amides is 1. The molecule has 17 heavy (non-hydrogen) atoms. The van der Waals surface area contributed by atoms with Gasteiger partial charge in [0.2, 0.25) is 0 Å². The molecular weight excluding hydrogens is 216 g/mol. The maximum Gasteiger partial charge on any atom is 0.255 e. The van der Waals surface area contributed by atoms with E-state index in [0.717, 1.165) is 31.4 Å². The molecule has 0 bridgehead atoms. The second-order valence-corrected chi connectivity index (χ2v) is 4.16. The molecule has 1 unspecified atom stereocenters. The first-order valence-electron chi connectivity index (χ1n) is 6.30. The summed E-state index contributed by atoms with van der Waals surface area (Å²) in [4.78, 5) is 12.0. The summed E-state index contributed by atoms with van der Waals surface area (Å²) in [5.41, 5.74) is 6.27. The summed E-state index contributed by atoms with van der Waals surface area (Å²) in [6.07, 6.45) is 5.39. The largest absolute Gasteiger partial charge is 0.469 e. The topological polar surface area (TPSA) is 68.3 Å². The highest BCUT2D eigenvalue weighted by atomic mass is 16.3. The molecular formula is C13H22N2O2. The molecule has 1 heterocycles. The van der Waals surface area contributed by atoms with Crippen molar-refractivity contribution < 1.29 is 9.21 Å². The lowest BCUT2D eigenvalue weighted by Crippen LogP contribution is -2.40. The van der Waals surface area contributed by atoms with E-state index < -0.39 is 0 Å². The van der Waals surface area contributed by atoms with Gasteiger partial charge in [0.15, 0.2) is 0 Å². The van der Waals surface area contributed by atoms with Crippen molar-refractivity contribution in [2.45, 2.75) is 45.6 Å². The molecule has 0 radical (unpaired) electrons. The molecule has 0 aliphatic rings. The van der Waals surface area contributed by atoms with E-state index in [1.54, 1.807) is 12.3 Å². The van der Waals surface area contributed by atoms with E-state index in [1.165, 1.54) is 0 Å². The van der Waals surface area contributed by atoms with Crippen LogP contribution in [0.4, 0.5) is 0 Å². The number of nitrogens with two attached hydrogens (primary N) is 1. The minimum absolute atomic E-state index is 0.0575. The van der Waals surface area contributed by atoms with Crippen LogP contribution in [-0.4, -0.2) is 18.5 Å². The zero-order chi connectivity index (χ0) is 12.7. The normalized spacial score (nSPS) is 12.4. The molecule has 0 spiro atoms. The first kappa shape index (κ1) is 13.8. The number of unbranched alkanes of at least 4 members (excludes halogenated alkanes) is 1. The van der Waals surface area contributed by atoms with Gasteiger partial charge in [0.1, 0.15) is 5.76 Å². The van der Waals surface area contributed by atoms with Gasteiger partial charge in [-0.15, -0.1) is 0 Å². The van der Waals surface area contributed by atoms with Gasteiger partial charge in [-0.1, -0.05) is 26.7 Å². The van der Waals surface area contributed by atoms with Crippen molar-refractivity contribution in [3.63, 3.8) is 0 Å². The molecule has 0 fully saturated rings. The summed E-state index contributed by atoms with van der Waals surface area (Å²) in [6.45, 7) is 4.57. The van der Waals surface area contributed by atoms with Gasteiger partial charge in [0, 0.05) is 19.0 Å². The maximum atomic E-state index is 12.0. The first-order valence-corrected chi connectivity index (χ1v) is 6.30. The number of hydrogen-bond acceptors (Lipinski definition) is 3. The Morgan fingerprint density at radius 3 is 2.88 bits per heavy atom. The molecule has 0 aliphatic heterocycles. The van der Waals surface area contributed by atoms with E-state index >= 15 is 0 Å². The van der Waals surface area contributed by atoms with Crippen LogP contribution in [0.25, 0.3) is 0 Å². The number of rotatable bonds is 7. The number of carbonyl (C=O) groups excluding carboxylic acids is 1. The third-order valence-electron chi connectivity index (χ3n) is 2.84. The lowest BCUT2D eigenvalue weighted by atomic mass is 10.1. The Morgan fingerprint density at radius 2 is 2.29 bits per heavy atom. The van der Waals surface area contributed by atoms with Gasteiger partial charge < -0.3 is 15.5 Å². The molecule has 1 rings (SSSR count). The number of aryl methyl sites for hydroxylation is 1. The summed E-state index contributed by atoms with van der Waals surface area (Å²) in [5, 5.41) is 2.95. The van der Waals surface area contributed by atoms with Crippen LogP contribution in [0.15, 0.2) is 16.7 Å². The Labute approximate surface area is 103 Å². The number of hydrogen-bond donors (Lipinski definition) is 2. The lowest BCUT2D eigenvalue weighted by Gasteiger charge is -2.16. The number of furan rings is 1. The van der Waals surface area contributed by atoms with Crippen LogP contribution in [0, 0.1) is 0 Å². The summed E-state index contributed by atoms with van der Waals surface area (Å²) in [6, 6.07) is 1.77. The fourth-order valence-corrected chi connectivity index (χ4v) is 1.78. The van der Waals surface area contributed by atoms with E-state index in [0.29, 0.717) is 12.1 Å². The summed E-state index contributed by atoms with van der Waals surface area (Å²) in [5.74, 6) is 0.649. The molecule has 1 aromatic heterocycles. The molecule has 0 saturated heterocycles. The molecule has 4 heteroatoms. The van der Waals surface area contributed by atoms with E-state index in [9.17, 15) is 4.79 Å². The van der Waals surface area contributed by atoms with Crippen molar-refractivity contribution in [1.29, 1.82) is 0 Å². The molecule has 1 aromatic rings. The van der Waals surface area contributed by atoms with Crippen molar-refractivity contribution in [2.24, 2.45) is 5.73 Å². The molecule has 1 amide bonds. The average Bonchev–Trinajstić information content (AvgIpc) is 2.82. The molecule has 0 aromatic carbocycles. The van der Waals surface area contributed by atoms with Crippen LogP contribution >= 0.6 is 0 Å². The summed E-state index contributed by atoms with van der Waals surface area (Å²) >= 11 is 0. The Bertz CT molecular complexity index is 347. The zero-order valence-corrected chi connectivity index (χ0v) is 10.7. The highest BCUT2D eigenvalue weighted by Gasteiger charge is 2.16. The fraction of sp³-hybridized carbons (Fsp3) is 0.615. The van der Waals surface area contributed by atoms with E-state index in [2.05, 4.69) is 12.2 Å². The standard InChI is InChI=1S/C13H22N2O2/c1-3-5-6-10(9-14)15-13(16)11-7-8-17-12(11)4-2/h7-8,10H,3-6,9,14H2,1-2H3,(H,15,16). The molecule has 4 nitrogen and oxygen atoms in total. The van der Waals surface area contributed by atoms with Crippen LogP contribution in [0.2, 0.25) is 0 Å². The van der Waals surface area contributed by atoms with Crippen molar-refractivity contribution in [3.05, 3.63) is 23.7 Å². The molecule has 96 valence electrons. The summed E-state index contributed by atoms with van der Waals surface area (Å²) < 4.78 is 5.24. The second-order valence-electron chi connectivity index (χ2n) is 4.16. The van der Waals surface area contributed by atoms with Gasteiger partial charge in [-0.2, -0.15) is 0 Å². The smallest absolute Gasteiger partial charge is 0.255 e. The van der Waals surface area contributed by atoms with Crippen molar-refractivity contribution >= 4 is 5.91 Å². The highest BCUT2D eigenvalue weighted by Crippen LogP contribution is 2.11. The van der Waals surface area contributed by atoms with Gasteiger partial charge in [0.05, 0.1) is 11.8 Å². The predicted molar refractivity (Wildman–Crippen MR) is 67.9 cm³/mol. The number of nitrogens with one attached hydrogen (secondary N) is 1. The first-order chi connectivity index (χ1) is 8.22. The fourth-order valence-electron chi connectivity index (χ4n) is 1.78. The van der Waals surface area contributed by atoms with Crippen LogP contribution in [0.5, 0.6) is 0 Å². The van der Waals surface area contributed by atoms with Gasteiger partial charge in [0.25, 0.3) is 5.91 Å². The molecule has 3 N–H and O–H groups in total. The lowest BCUT2D eigenvalue weighted by molar-refractivity contribution is 0.0934. The Hall–Kier alpha value is -1.29. The molecule has 0 saturated carbocycles. The maximum absolute atomic E-state index is 12.0. The van der Waals surface area contributed by atoms with Crippen LogP contribution in [0.1, 0.15) is 49.2 Å². The van der Waals surface area contributed by atoms with Crippen LogP contribution in [0.3, 0.4) is 0 Å². The van der Waals surface area contributed by atoms with Gasteiger partial charge in [-0.3, -0.25) is 4.79 Å². The monoisotopic (exact) mass is 238 g/mol. The van der Waals surface area contributed by atoms with Gasteiger partial charge >= 0.3 is 0 Å². The average molecular weight is 238 g/mol. The van der Waals surface area contributed by atoms with Crippen molar-refractivity contribution in [1.82, 2.24) is 5.32 Å². The van der Waals surface area contributed by atoms with E-state index in [1.807, 2.05) is 6.92 Å². The van der Waals surface area contributed by atoms with Gasteiger partial charge in [-0.25, -0.2) is 0 Å². The van der Waals surface area contributed by atoms with E-state index in [4.69, 9.17) is 10.2 Å². The highest BCUT2D eigenvalue weighted by molar-refractivity contribution is 5.95. The van der Waals surface area contributed by atoms with Crippen molar-refractivity contribution in [2.75, 3.05) is 6.54 Å². The molecule has 0 aliphatic carbocycles. The summed E-state index contributed by atoms with van der Waals surface area (Å²) in [7, 11) is 0. The minimum atomic E-state index is -0.0813. The Morgan fingerprint density at radius 1 is 1.53 bits per heavy atom. The third kappa shape index (κ3) is 3.89. The van der Waals surface area contributed by atoms with Crippen molar-refractivity contribution in [3.8, 4) is 0 Å². The molecule has 1 atom stereocenters. The predicted octanol–water partition coefficient (Wildman–Crippen LogP) is 2.09. The number of carbonyl (C=O) groups is 1. The minimum Gasteiger partial charge on any atom is -0.469 e. The third-order valence-corrected chi connectivity index (χ3v) is 2.84. The Kier molecular flexibility index (Phi) is 5.77. The van der Waals surface area contributed by atoms with Crippen LogP contribution in [-0.2, 0) is 6.42 Å². The van der Waals surface area contributed by atoms with E-state index in [-0.39, 0.29) is 11.9 Å². The zero-order valence-electron chi connectivity index (χ0n) is 10.7. The Balaban J connectivity index is 2.58. The van der Waals surface area contributed by atoms with Crippen LogP contribution < -0.4 is 11.1 Å². The second kappa shape index (κ2) is 7.12. The quantitative estimate of drug-likeness (QED) is 0.764. The SMILES string of the molecule is CCCCC(CN)NC(=O)c1ccoc1CC. The van der Waals surface area contributed by atoms with Gasteiger partial charge in [-0.05, 0) is 12.5 Å².